The van der Waals surface area contributed by atoms with Crippen molar-refractivity contribution >= 4 is 0 Å². The summed E-state index contributed by atoms with van der Waals surface area (Å²) in [5, 5.41) is 3.22. The van der Waals surface area contributed by atoms with Gasteiger partial charge in [-0.1, -0.05) is 31.2 Å². The molecule has 1 N–H and O–H groups in total. The molecule has 0 amide bonds. The molecule has 0 aromatic heterocycles. The normalized spacial score (nSPS) is 12.9. The summed E-state index contributed by atoms with van der Waals surface area (Å²) >= 11 is 0. The van der Waals surface area contributed by atoms with Gasteiger partial charge in [-0.3, -0.25) is 0 Å². The maximum Gasteiger partial charge on any atom is 0.0289 e. The minimum atomic E-state index is 0.455. The third-order valence-corrected chi connectivity index (χ3v) is 2.32. The maximum atomic E-state index is 3.22. The van der Waals surface area contributed by atoms with Crippen molar-refractivity contribution < 1.29 is 0 Å². The predicted molar refractivity (Wildman–Crippen MR) is 53.3 cm³/mol. The Morgan fingerprint density at radius 1 is 1.25 bits per heavy atom. The van der Waals surface area contributed by atoms with Gasteiger partial charge >= 0.3 is 0 Å². The number of nitrogens with one attached hydrogen (secondary N) is 1. The summed E-state index contributed by atoms with van der Waals surface area (Å²) in [5.41, 5.74) is 2.76. The van der Waals surface area contributed by atoms with Crippen LogP contribution in [0.1, 0.15) is 31.0 Å². The van der Waals surface area contributed by atoms with Crippen LogP contribution in [-0.4, -0.2) is 7.05 Å². The Kier molecular flexibility index (Phi) is 3.30. The lowest BCUT2D eigenvalue weighted by Crippen LogP contribution is -2.11. The molecule has 1 atom stereocenters. The van der Waals surface area contributed by atoms with E-state index in [0.29, 0.717) is 6.04 Å². The van der Waals surface area contributed by atoms with Crippen LogP contribution in [0.25, 0.3) is 0 Å². The highest BCUT2D eigenvalue weighted by Crippen LogP contribution is 2.12. The van der Waals surface area contributed by atoms with E-state index < -0.39 is 0 Å². The summed E-state index contributed by atoms with van der Waals surface area (Å²) in [6, 6.07) is 9.24. The van der Waals surface area contributed by atoms with Crippen LogP contribution in [0.2, 0.25) is 0 Å². The van der Waals surface area contributed by atoms with Crippen LogP contribution in [0.3, 0.4) is 0 Å². The standard InChI is InChI=1S/C11H17N/c1-4-10-5-7-11(8-6-10)9(2)12-3/h5-9,12H,4H2,1-3H3. The van der Waals surface area contributed by atoms with E-state index in [-0.39, 0.29) is 0 Å². The summed E-state index contributed by atoms with van der Waals surface area (Å²) in [5.74, 6) is 0. The van der Waals surface area contributed by atoms with Gasteiger partial charge in [0, 0.05) is 6.04 Å². The predicted octanol–water partition coefficient (Wildman–Crippen LogP) is 2.53. The van der Waals surface area contributed by atoms with Gasteiger partial charge < -0.3 is 5.32 Å². The van der Waals surface area contributed by atoms with Crippen molar-refractivity contribution in [1.82, 2.24) is 5.32 Å². The molecule has 1 rings (SSSR count). The monoisotopic (exact) mass is 163 g/mol. The molecule has 1 unspecified atom stereocenters. The second-order valence-electron chi connectivity index (χ2n) is 3.11. The van der Waals surface area contributed by atoms with E-state index >= 15 is 0 Å². The molecule has 0 fully saturated rings. The van der Waals surface area contributed by atoms with Gasteiger partial charge in [0.05, 0.1) is 0 Å². The molecule has 0 aliphatic rings. The summed E-state index contributed by atoms with van der Waals surface area (Å²) in [6.45, 7) is 4.34. The van der Waals surface area contributed by atoms with E-state index in [9.17, 15) is 0 Å². The summed E-state index contributed by atoms with van der Waals surface area (Å²) < 4.78 is 0. The van der Waals surface area contributed by atoms with E-state index in [4.69, 9.17) is 0 Å². The molecule has 1 heteroatoms. The zero-order chi connectivity index (χ0) is 8.97. The van der Waals surface area contributed by atoms with Gasteiger partial charge in [0.25, 0.3) is 0 Å². The van der Waals surface area contributed by atoms with Gasteiger partial charge in [0.1, 0.15) is 0 Å². The first kappa shape index (κ1) is 9.27. The molecule has 66 valence electrons. The summed E-state index contributed by atoms with van der Waals surface area (Å²) in [4.78, 5) is 0. The van der Waals surface area contributed by atoms with Crippen molar-refractivity contribution in [2.75, 3.05) is 7.05 Å². The molecular formula is C11H17N. The van der Waals surface area contributed by atoms with Gasteiger partial charge in [0.2, 0.25) is 0 Å². The molecular weight excluding hydrogens is 146 g/mol. The zero-order valence-corrected chi connectivity index (χ0v) is 8.09. The van der Waals surface area contributed by atoms with E-state index in [0.717, 1.165) is 6.42 Å². The van der Waals surface area contributed by atoms with Crippen molar-refractivity contribution in [3.63, 3.8) is 0 Å². The summed E-state index contributed by atoms with van der Waals surface area (Å²) in [7, 11) is 1.98. The topological polar surface area (TPSA) is 12.0 Å². The highest BCUT2D eigenvalue weighted by Gasteiger charge is 2.00. The van der Waals surface area contributed by atoms with E-state index in [1.165, 1.54) is 11.1 Å². The molecule has 0 saturated heterocycles. The maximum absolute atomic E-state index is 3.22. The Morgan fingerprint density at radius 2 is 1.83 bits per heavy atom. The molecule has 12 heavy (non-hydrogen) atoms. The second-order valence-corrected chi connectivity index (χ2v) is 3.11. The fraction of sp³-hybridized carbons (Fsp3) is 0.455. The largest absolute Gasteiger partial charge is 0.313 e. The van der Waals surface area contributed by atoms with Crippen LogP contribution in [0.15, 0.2) is 24.3 Å². The Morgan fingerprint density at radius 3 is 2.25 bits per heavy atom. The van der Waals surface area contributed by atoms with Crippen LogP contribution in [-0.2, 0) is 6.42 Å². The first-order valence-electron chi connectivity index (χ1n) is 4.54. The number of hydrogen-bond donors (Lipinski definition) is 1. The smallest absolute Gasteiger partial charge is 0.0289 e. The minimum Gasteiger partial charge on any atom is -0.313 e. The van der Waals surface area contributed by atoms with Crippen molar-refractivity contribution in [3.05, 3.63) is 35.4 Å². The van der Waals surface area contributed by atoms with Crippen LogP contribution >= 0.6 is 0 Å². The number of aryl methyl sites for hydroxylation is 1. The third kappa shape index (κ3) is 2.08. The van der Waals surface area contributed by atoms with E-state index in [2.05, 4.69) is 43.4 Å². The van der Waals surface area contributed by atoms with Crippen molar-refractivity contribution in [3.8, 4) is 0 Å². The average Bonchev–Trinajstić information content (AvgIpc) is 2.17. The number of hydrogen-bond acceptors (Lipinski definition) is 1. The van der Waals surface area contributed by atoms with Crippen LogP contribution in [0.5, 0.6) is 0 Å². The Balaban J connectivity index is 2.77. The molecule has 1 aromatic carbocycles. The van der Waals surface area contributed by atoms with Crippen molar-refractivity contribution in [2.45, 2.75) is 26.3 Å². The Labute approximate surface area is 74.8 Å². The van der Waals surface area contributed by atoms with Crippen molar-refractivity contribution in [2.24, 2.45) is 0 Å². The first-order chi connectivity index (χ1) is 5.77. The fourth-order valence-corrected chi connectivity index (χ4v) is 1.21. The molecule has 0 aliphatic heterocycles. The van der Waals surface area contributed by atoms with Gasteiger partial charge in [-0.25, -0.2) is 0 Å². The average molecular weight is 163 g/mol. The van der Waals surface area contributed by atoms with Crippen LogP contribution in [0, 0.1) is 0 Å². The molecule has 0 aliphatic carbocycles. The molecule has 0 spiro atoms. The fourth-order valence-electron chi connectivity index (χ4n) is 1.21. The number of rotatable bonds is 3. The van der Waals surface area contributed by atoms with Gasteiger partial charge in [0.15, 0.2) is 0 Å². The highest BCUT2D eigenvalue weighted by molar-refractivity contribution is 5.24. The Bertz CT molecular complexity index is 225. The molecule has 1 aromatic rings. The first-order valence-corrected chi connectivity index (χ1v) is 4.54. The molecule has 0 saturated carbocycles. The molecule has 0 radical (unpaired) electrons. The highest BCUT2D eigenvalue weighted by atomic mass is 14.8. The molecule has 0 heterocycles. The lowest BCUT2D eigenvalue weighted by atomic mass is 10.1. The van der Waals surface area contributed by atoms with E-state index in [1.807, 2.05) is 7.05 Å². The lowest BCUT2D eigenvalue weighted by Gasteiger charge is -2.10. The Hall–Kier alpha value is -0.820. The molecule has 0 bridgehead atoms. The SMILES string of the molecule is CCc1ccc(C(C)NC)cc1. The van der Waals surface area contributed by atoms with Gasteiger partial charge in [-0.05, 0) is 31.5 Å². The second kappa shape index (κ2) is 4.27. The third-order valence-electron chi connectivity index (χ3n) is 2.32. The molecule has 1 nitrogen and oxygen atoms in total. The minimum absolute atomic E-state index is 0.455. The number of benzene rings is 1. The van der Waals surface area contributed by atoms with Gasteiger partial charge in [-0.2, -0.15) is 0 Å². The van der Waals surface area contributed by atoms with Crippen LogP contribution < -0.4 is 5.32 Å². The quantitative estimate of drug-likeness (QED) is 0.722. The summed E-state index contributed by atoms with van der Waals surface area (Å²) in [6.07, 6.45) is 1.12. The van der Waals surface area contributed by atoms with E-state index in [1.54, 1.807) is 0 Å². The van der Waals surface area contributed by atoms with Crippen molar-refractivity contribution in [1.29, 1.82) is 0 Å². The zero-order valence-electron chi connectivity index (χ0n) is 8.09. The van der Waals surface area contributed by atoms with Crippen LogP contribution in [0.4, 0.5) is 0 Å². The lowest BCUT2D eigenvalue weighted by molar-refractivity contribution is 0.652. The van der Waals surface area contributed by atoms with Gasteiger partial charge in [-0.15, -0.1) is 0 Å².